The predicted molar refractivity (Wildman–Crippen MR) is 188 cm³/mol. The number of nitrogens with one attached hydrogen (secondary N) is 1. The van der Waals surface area contributed by atoms with Crippen molar-refractivity contribution in [2.45, 2.75) is 65.2 Å². The van der Waals surface area contributed by atoms with Crippen molar-refractivity contribution in [3.63, 3.8) is 0 Å². The Hall–Kier alpha value is -4.31. The fraction of sp³-hybridized carbons (Fsp3) is 0.395. The minimum absolute atomic E-state index is 0.0385. The summed E-state index contributed by atoms with van der Waals surface area (Å²) in [7, 11) is 1.82. The number of aromatic nitrogens is 5. The number of benzene rings is 2. The molecule has 2 aromatic carbocycles. The van der Waals surface area contributed by atoms with Crippen LogP contribution in [0.3, 0.4) is 0 Å². The average Bonchev–Trinajstić information content (AvgIpc) is 3.69. The van der Waals surface area contributed by atoms with E-state index in [1.54, 1.807) is 36.1 Å². The molecule has 0 spiro atoms. The van der Waals surface area contributed by atoms with Gasteiger partial charge in [0.05, 0.1) is 24.0 Å². The third-order valence-electron chi connectivity index (χ3n) is 9.39. The van der Waals surface area contributed by atoms with Gasteiger partial charge in [-0.2, -0.15) is 16.9 Å². The van der Waals surface area contributed by atoms with Crippen LogP contribution in [0.5, 0.6) is 0 Å². The molecule has 5 aromatic rings. The number of halogens is 1. The van der Waals surface area contributed by atoms with E-state index >= 15 is 4.39 Å². The smallest absolute Gasteiger partial charge is 0.310 e. The minimum atomic E-state index is -0.577. The lowest BCUT2D eigenvalue weighted by Crippen LogP contribution is -2.27. The van der Waals surface area contributed by atoms with Crippen molar-refractivity contribution < 1.29 is 18.7 Å². The first kappa shape index (κ1) is 33.6. The van der Waals surface area contributed by atoms with Gasteiger partial charge in [0.1, 0.15) is 11.5 Å². The zero-order valence-electron chi connectivity index (χ0n) is 28.2. The summed E-state index contributed by atoms with van der Waals surface area (Å²) in [6.45, 7) is 8.87. The van der Waals surface area contributed by atoms with Crippen LogP contribution in [-0.4, -0.2) is 54.6 Å². The minimum Gasteiger partial charge on any atom is -0.466 e. The second-order valence-electron chi connectivity index (χ2n) is 13.6. The van der Waals surface area contributed by atoms with E-state index in [0.717, 1.165) is 52.8 Å². The quantitative estimate of drug-likeness (QED) is 0.197. The number of hydrogen-bond donors (Lipinski definition) is 1. The molecule has 0 saturated carbocycles. The number of aromatic amines is 1. The monoisotopic (exact) mass is 667 g/mol. The number of carbonyl (C=O) groups excluding carboxylic acids is 2. The molecule has 0 aliphatic carbocycles. The summed E-state index contributed by atoms with van der Waals surface area (Å²) in [6, 6.07) is 14.7. The molecule has 4 heterocycles. The number of aryl methyl sites for hydroxylation is 2. The maximum absolute atomic E-state index is 15.8. The van der Waals surface area contributed by atoms with Gasteiger partial charge < -0.3 is 9.72 Å². The Morgan fingerprint density at radius 3 is 2.77 bits per heavy atom. The highest BCUT2D eigenvalue weighted by Crippen LogP contribution is 2.39. The summed E-state index contributed by atoms with van der Waals surface area (Å²) in [6.07, 6.45) is 6.81. The molecule has 0 radical (unpaired) electrons. The summed E-state index contributed by atoms with van der Waals surface area (Å²) in [5, 5.41) is 5.79. The van der Waals surface area contributed by atoms with Gasteiger partial charge in [-0.3, -0.25) is 14.6 Å². The number of ether oxygens (including phenoxy) is 1. The summed E-state index contributed by atoms with van der Waals surface area (Å²) in [5.74, 6) is 1.64. The van der Waals surface area contributed by atoms with E-state index in [0.29, 0.717) is 41.5 Å². The van der Waals surface area contributed by atoms with E-state index in [4.69, 9.17) is 14.8 Å². The lowest BCUT2D eigenvalue weighted by atomic mass is 9.75. The Morgan fingerprint density at radius 1 is 1.12 bits per heavy atom. The van der Waals surface area contributed by atoms with Gasteiger partial charge in [0.25, 0.3) is 0 Å². The average molecular weight is 668 g/mol. The van der Waals surface area contributed by atoms with Crippen LogP contribution >= 0.6 is 11.8 Å². The van der Waals surface area contributed by atoms with Crippen LogP contribution < -0.4 is 0 Å². The van der Waals surface area contributed by atoms with E-state index in [9.17, 15) is 9.59 Å². The number of nitrogens with zero attached hydrogens (tertiary/aromatic N) is 4. The molecule has 8 nitrogen and oxygen atoms in total. The molecule has 48 heavy (non-hydrogen) atoms. The molecular weight excluding hydrogens is 626 g/mol. The van der Waals surface area contributed by atoms with E-state index in [1.807, 2.05) is 37.0 Å². The third-order valence-corrected chi connectivity index (χ3v) is 10.9. The highest BCUT2D eigenvalue weighted by atomic mass is 32.2. The molecule has 3 aromatic heterocycles. The van der Waals surface area contributed by atoms with Crippen LogP contribution in [0, 0.1) is 11.2 Å². The van der Waals surface area contributed by atoms with Gasteiger partial charge in [-0.25, -0.2) is 14.1 Å². The molecule has 0 amide bonds. The topological polar surface area (TPSA) is 103 Å². The van der Waals surface area contributed by atoms with Crippen molar-refractivity contribution in [1.29, 1.82) is 0 Å². The van der Waals surface area contributed by atoms with Gasteiger partial charge in [0.2, 0.25) is 0 Å². The van der Waals surface area contributed by atoms with Crippen molar-refractivity contribution in [1.82, 2.24) is 24.7 Å². The predicted octanol–water partition coefficient (Wildman–Crippen LogP) is 7.63. The van der Waals surface area contributed by atoms with Crippen LogP contribution in [0.2, 0.25) is 0 Å². The number of H-pyrrole nitrogens is 1. The molecule has 1 atom stereocenters. The molecule has 1 aliphatic rings. The number of thioether (sulfide) groups is 1. The summed E-state index contributed by atoms with van der Waals surface area (Å²) in [5.41, 5.74) is 3.68. The third kappa shape index (κ3) is 6.81. The highest BCUT2D eigenvalue weighted by molar-refractivity contribution is 7.99. The molecular formula is C38H42FN5O3S. The number of hydrogen-bond acceptors (Lipinski definition) is 7. The van der Waals surface area contributed by atoms with E-state index in [2.05, 4.69) is 42.9 Å². The van der Waals surface area contributed by atoms with Gasteiger partial charge in [0.15, 0.2) is 17.4 Å². The van der Waals surface area contributed by atoms with Crippen molar-refractivity contribution >= 4 is 34.4 Å². The molecule has 4 bridgehead atoms. The number of rotatable bonds is 4. The Balaban J connectivity index is 1.46. The van der Waals surface area contributed by atoms with Crippen LogP contribution in [0.25, 0.3) is 22.4 Å². The molecule has 1 aliphatic heterocycles. The van der Waals surface area contributed by atoms with Crippen molar-refractivity contribution in [3.05, 3.63) is 100 Å². The molecule has 0 saturated heterocycles. The fourth-order valence-electron chi connectivity index (χ4n) is 6.73. The summed E-state index contributed by atoms with van der Waals surface area (Å²) < 4.78 is 22.7. The number of ketones is 1. The van der Waals surface area contributed by atoms with Crippen LogP contribution in [0.15, 0.2) is 60.9 Å². The normalized spacial score (nSPS) is 18.6. The zero-order chi connectivity index (χ0) is 34.1. The van der Waals surface area contributed by atoms with Gasteiger partial charge in [-0.05, 0) is 91.0 Å². The van der Waals surface area contributed by atoms with E-state index in [1.165, 1.54) is 6.07 Å². The Labute approximate surface area is 284 Å². The second kappa shape index (κ2) is 13.7. The number of carbonyl (C=O) groups is 2. The molecule has 1 N–H and O–H groups in total. The lowest BCUT2D eigenvalue weighted by Gasteiger charge is -2.30. The Bertz CT molecular complexity index is 1980. The zero-order valence-corrected chi connectivity index (χ0v) is 29.0. The van der Waals surface area contributed by atoms with Gasteiger partial charge >= 0.3 is 5.97 Å². The first-order chi connectivity index (χ1) is 23.0. The Kier molecular flexibility index (Phi) is 9.56. The molecule has 0 fully saturated rings. The molecule has 10 heteroatoms. The van der Waals surface area contributed by atoms with Crippen LogP contribution in [0.4, 0.5) is 4.39 Å². The van der Waals surface area contributed by atoms with Crippen molar-refractivity contribution in [3.8, 4) is 11.5 Å². The van der Waals surface area contributed by atoms with Crippen LogP contribution in [0.1, 0.15) is 85.4 Å². The van der Waals surface area contributed by atoms with E-state index in [-0.39, 0.29) is 29.2 Å². The van der Waals surface area contributed by atoms with Gasteiger partial charge in [-0.15, -0.1) is 0 Å². The number of pyridine rings is 1. The Morgan fingerprint density at radius 2 is 1.96 bits per heavy atom. The second-order valence-corrected chi connectivity index (χ2v) is 14.7. The largest absolute Gasteiger partial charge is 0.466 e. The molecule has 250 valence electrons. The summed E-state index contributed by atoms with van der Waals surface area (Å²) in [4.78, 5) is 39.2. The maximum Gasteiger partial charge on any atom is 0.310 e. The summed E-state index contributed by atoms with van der Waals surface area (Å²) >= 11 is 1.84. The first-order valence-corrected chi connectivity index (χ1v) is 17.7. The van der Waals surface area contributed by atoms with Gasteiger partial charge in [-0.1, -0.05) is 44.5 Å². The first-order valence-electron chi connectivity index (χ1n) is 16.5. The van der Waals surface area contributed by atoms with Crippen molar-refractivity contribution in [2.75, 3.05) is 18.1 Å². The van der Waals surface area contributed by atoms with Gasteiger partial charge in [0, 0.05) is 35.9 Å². The van der Waals surface area contributed by atoms with E-state index < -0.39 is 11.2 Å². The standard InChI is InChI=1S/C38H42FN5O3S/c1-6-47-32(45)20-24-9-7-10-26(19-24)38(4)15-8-14-37(2,3)23-48-18-13-28-27-12-17-40-30(27)22-29(39)33(28)34(46)25-11-16-41-31(21-25)35-42-36(38)43-44(35)5/h7,9-12,16-17,19,21-22,40H,6,8,13-15,18,20,23H2,1-5H3/t38-/m1/s1. The SMILES string of the molecule is CCOC(=O)Cc1cccc([C@@]2(C)CCCC(C)(C)CSCCc3c(c(F)cc4[nH]ccc34)C(=O)c3ccnc(c3)-c3nc2nn3C)c1. The molecule has 0 unspecified atom stereocenters. The van der Waals surface area contributed by atoms with Crippen molar-refractivity contribution in [2.24, 2.45) is 12.5 Å². The number of esters is 1. The number of fused-ring (bicyclic) bond motifs is 8. The maximum atomic E-state index is 15.8. The van der Waals surface area contributed by atoms with Crippen LogP contribution in [-0.2, 0) is 34.8 Å². The highest BCUT2D eigenvalue weighted by Gasteiger charge is 2.35. The fourth-order valence-corrected chi connectivity index (χ4v) is 7.92. The lowest BCUT2D eigenvalue weighted by molar-refractivity contribution is -0.142. The molecule has 6 rings (SSSR count).